The topological polar surface area (TPSA) is 117 Å². The number of hydrogen-bond donors (Lipinski definition) is 0. The maximum absolute atomic E-state index is 11.7. The van der Waals surface area contributed by atoms with E-state index in [0.29, 0.717) is 22.6 Å². The third-order valence-corrected chi connectivity index (χ3v) is 8.17. The van der Waals surface area contributed by atoms with E-state index in [-0.39, 0.29) is 31.9 Å². The number of carbonyl (C=O) groups excluding carboxylic acids is 2. The standard InChI is InChI=1S/C37H36O11/c1-40-35(38)27-8-4-23(5-9-27)25-12-16-29(17-13-25)43-20-31-33-34(48-37(42-3)47-33)32(46-22-45-31)21-44-30-18-14-26(15-19-30)24-6-10-28(11-7-24)36(39)41-2/h4-19,31-34,37H,20-22H2,1-3H3/t31-,32-,33-,34-/m1/s1. The van der Waals surface area contributed by atoms with Gasteiger partial charge in [0.25, 0.3) is 6.48 Å². The van der Waals surface area contributed by atoms with Crippen molar-refractivity contribution in [3.05, 3.63) is 108 Å². The van der Waals surface area contributed by atoms with Gasteiger partial charge in [0, 0.05) is 7.11 Å². The van der Waals surface area contributed by atoms with Crippen LogP contribution in [0.25, 0.3) is 22.3 Å². The first-order valence-electron chi connectivity index (χ1n) is 15.4. The molecule has 250 valence electrons. The number of ether oxygens (including phenoxy) is 9. The van der Waals surface area contributed by atoms with E-state index in [2.05, 4.69) is 0 Å². The summed E-state index contributed by atoms with van der Waals surface area (Å²) < 4.78 is 51.2. The Hall–Kier alpha value is -4.78. The molecule has 0 unspecified atom stereocenters. The highest BCUT2D eigenvalue weighted by molar-refractivity contribution is 5.90. The Morgan fingerprint density at radius 2 is 0.917 bits per heavy atom. The van der Waals surface area contributed by atoms with Crippen molar-refractivity contribution in [2.75, 3.05) is 41.3 Å². The highest BCUT2D eigenvalue weighted by atomic mass is 16.9. The summed E-state index contributed by atoms with van der Waals surface area (Å²) in [4.78, 5) is 23.5. The van der Waals surface area contributed by atoms with Crippen molar-refractivity contribution in [1.82, 2.24) is 0 Å². The van der Waals surface area contributed by atoms with E-state index in [1.807, 2.05) is 72.8 Å². The van der Waals surface area contributed by atoms with Gasteiger partial charge in [-0.1, -0.05) is 48.5 Å². The zero-order valence-electron chi connectivity index (χ0n) is 26.7. The monoisotopic (exact) mass is 656 g/mol. The van der Waals surface area contributed by atoms with Gasteiger partial charge in [-0.05, 0) is 70.8 Å². The van der Waals surface area contributed by atoms with E-state index in [9.17, 15) is 9.59 Å². The second-order valence-corrected chi connectivity index (χ2v) is 11.1. The van der Waals surface area contributed by atoms with Gasteiger partial charge in [-0.2, -0.15) is 0 Å². The maximum atomic E-state index is 11.7. The minimum atomic E-state index is -0.884. The van der Waals surface area contributed by atoms with Crippen LogP contribution in [0.2, 0.25) is 0 Å². The molecule has 11 nitrogen and oxygen atoms in total. The summed E-state index contributed by atoms with van der Waals surface area (Å²) >= 11 is 0. The van der Waals surface area contributed by atoms with E-state index in [1.165, 1.54) is 21.3 Å². The van der Waals surface area contributed by atoms with Crippen LogP contribution in [-0.2, 0) is 33.2 Å². The number of methoxy groups -OCH3 is 3. The number of rotatable bonds is 11. The summed E-state index contributed by atoms with van der Waals surface area (Å²) in [6, 6.07) is 29.7. The molecular formula is C37H36O11. The predicted octanol–water partition coefficient (Wildman–Crippen LogP) is 5.51. The van der Waals surface area contributed by atoms with E-state index >= 15 is 0 Å². The van der Waals surface area contributed by atoms with Gasteiger partial charge in [0.05, 0.1) is 25.3 Å². The molecule has 0 spiro atoms. The minimum Gasteiger partial charge on any atom is -0.491 e. The first-order chi connectivity index (χ1) is 23.4. The Balaban J connectivity index is 1.05. The third kappa shape index (κ3) is 7.67. The van der Waals surface area contributed by atoms with Crippen molar-refractivity contribution < 1.29 is 52.2 Å². The minimum absolute atomic E-state index is 0.000433. The van der Waals surface area contributed by atoms with Crippen LogP contribution in [0.4, 0.5) is 0 Å². The summed E-state index contributed by atoms with van der Waals surface area (Å²) in [5, 5.41) is 0. The molecule has 0 aliphatic carbocycles. The third-order valence-electron chi connectivity index (χ3n) is 8.17. The fraction of sp³-hybridized carbons (Fsp3) is 0.297. The molecule has 0 amide bonds. The number of carbonyl (C=O) groups is 2. The van der Waals surface area contributed by atoms with Gasteiger partial charge in [0.15, 0.2) is 0 Å². The van der Waals surface area contributed by atoms with Gasteiger partial charge in [0.1, 0.15) is 55.9 Å². The normalized spacial score (nSPS) is 20.7. The Morgan fingerprint density at radius 1 is 0.562 bits per heavy atom. The van der Waals surface area contributed by atoms with Gasteiger partial charge in [-0.3, -0.25) is 0 Å². The van der Waals surface area contributed by atoms with Crippen LogP contribution in [0.5, 0.6) is 11.5 Å². The van der Waals surface area contributed by atoms with Crippen LogP contribution >= 0.6 is 0 Å². The molecule has 6 rings (SSSR count). The van der Waals surface area contributed by atoms with Crippen LogP contribution in [-0.4, -0.2) is 84.2 Å². The molecule has 0 radical (unpaired) electrons. The van der Waals surface area contributed by atoms with E-state index in [0.717, 1.165) is 22.3 Å². The van der Waals surface area contributed by atoms with Gasteiger partial charge in [-0.15, -0.1) is 0 Å². The Kier molecular flexibility index (Phi) is 10.6. The SMILES string of the molecule is COC(=O)c1ccc(-c2ccc(OC[C@H]3OCO[C@H](COc4ccc(-c5ccc(C(=O)OC)cc5)cc4)[C@H]4OC(OC)O[C@@H]43)cc2)cc1. The molecule has 48 heavy (non-hydrogen) atoms. The number of hydrogen-bond acceptors (Lipinski definition) is 11. The molecule has 2 heterocycles. The van der Waals surface area contributed by atoms with Crippen molar-refractivity contribution in [3.63, 3.8) is 0 Å². The first-order valence-corrected chi connectivity index (χ1v) is 15.4. The van der Waals surface area contributed by atoms with Gasteiger partial charge in [0.2, 0.25) is 0 Å². The fourth-order valence-corrected chi connectivity index (χ4v) is 5.52. The molecule has 0 bridgehead atoms. The summed E-state index contributed by atoms with van der Waals surface area (Å²) in [5.74, 6) is 0.555. The quantitative estimate of drug-likeness (QED) is 0.190. The summed E-state index contributed by atoms with van der Waals surface area (Å²) in [6.45, 7) is -0.509. The largest absolute Gasteiger partial charge is 0.491 e. The highest BCUT2D eigenvalue weighted by Gasteiger charge is 2.49. The molecule has 4 aromatic carbocycles. The van der Waals surface area contributed by atoms with Crippen LogP contribution in [0.15, 0.2) is 97.1 Å². The van der Waals surface area contributed by atoms with Crippen molar-refractivity contribution in [1.29, 1.82) is 0 Å². The fourth-order valence-electron chi connectivity index (χ4n) is 5.52. The Labute approximate surface area is 278 Å². The lowest BCUT2D eigenvalue weighted by molar-refractivity contribution is -0.252. The zero-order valence-corrected chi connectivity index (χ0v) is 26.7. The lowest BCUT2D eigenvalue weighted by Gasteiger charge is -2.25. The van der Waals surface area contributed by atoms with E-state index in [4.69, 9.17) is 42.6 Å². The zero-order chi connectivity index (χ0) is 33.5. The summed E-state index contributed by atoms with van der Waals surface area (Å²) in [6.07, 6.45) is -2.07. The van der Waals surface area contributed by atoms with Crippen molar-refractivity contribution >= 4 is 11.9 Å². The van der Waals surface area contributed by atoms with Crippen LogP contribution < -0.4 is 9.47 Å². The molecule has 2 fully saturated rings. The summed E-state index contributed by atoms with van der Waals surface area (Å²) in [7, 11) is 4.22. The molecule has 2 aliphatic rings. The van der Waals surface area contributed by atoms with Crippen molar-refractivity contribution in [2.45, 2.75) is 30.9 Å². The molecule has 0 N–H and O–H groups in total. The predicted molar refractivity (Wildman–Crippen MR) is 173 cm³/mol. The molecule has 4 aromatic rings. The van der Waals surface area contributed by atoms with Crippen molar-refractivity contribution in [2.24, 2.45) is 0 Å². The van der Waals surface area contributed by atoms with Crippen LogP contribution in [0.3, 0.4) is 0 Å². The maximum Gasteiger partial charge on any atom is 0.337 e. The lowest BCUT2D eigenvalue weighted by atomic mass is 10.0. The first kappa shape index (κ1) is 33.1. The summed E-state index contributed by atoms with van der Waals surface area (Å²) in [5.41, 5.74) is 4.84. The Morgan fingerprint density at radius 3 is 1.25 bits per heavy atom. The Bertz CT molecular complexity index is 1530. The molecule has 0 aromatic heterocycles. The average Bonchev–Trinajstić information content (AvgIpc) is 3.51. The second kappa shape index (κ2) is 15.4. The number of benzene rings is 4. The second-order valence-electron chi connectivity index (χ2n) is 11.1. The molecule has 4 atom stereocenters. The van der Waals surface area contributed by atoms with Crippen molar-refractivity contribution in [3.8, 4) is 33.8 Å². The van der Waals surface area contributed by atoms with Gasteiger partial charge >= 0.3 is 11.9 Å². The van der Waals surface area contributed by atoms with E-state index < -0.39 is 30.9 Å². The van der Waals surface area contributed by atoms with Gasteiger partial charge < -0.3 is 42.6 Å². The molecule has 2 aliphatic heterocycles. The highest BCUT2D eigenvalue weighted by Crippen LogP contribution is 2.32. The lowest BCUT2D eigenvalue weighted by Crippen LogP contribution is -2.45. The molecular weight excluding hydrogens is 620 g/mol. The van der Waals surface area contributed by atoms with Gasteiger partial charge in [-0.25, -0.2) is 9.59 Å². The average molecular weight is 657 g/mol. The smallest absolute Gasteiger partial charge is 0.337 e. The van der Waals surface area contributed by atoms with E-state index in [1.54, 1.807) is 24.3 Å². The number of esters is 2. The molecule has 11 heteroatoms. The van der Waals surface area contributed by atoms with Crippen LogP contribution in [0, 0.1) is 0 Å². The molecule has 0 saturated carbocycles. The molecule has 2 saturated heterocycles. The number of fused-ring (bicyclic) bond motifs is 1. The van der Waals surface area contributed by atoms with Crippen LogP contribution in [0.1, 0.15) is 20.7 Å².